The van der Waals surface area contributed by atoms with Crippen LogP contribution in [0.2, 0.25) is 0 Å². The van der Waals surface area contributed by atoms with Gasteiger partial charge in [-0.15, -0.1) is 0 Å². The number of benzene rings is 1. The van der Waals surface area contributed by atoms with Crippen molar-refractivity contribution in [2.45, 2.75) is 0 Å². The summed E-state index contributed by atoms with van der Waals surface area (Å²) in [5, 5.41) is 18.8. The number of aromatic carboxylic acids is 1. The third-order valence-electron chi connectivity index (χ3n) is 1.92. The molecule has 0 aliphatic rings. The van der Waals surface area contributed by atoms with E-state index in [0.717, 1.165) is 5.39 Å². The van der Waals surface area contributed by atoms with Crippen molar-refractivity contribution >= 4 is 34.2 Å². The third kappa shape index (κ3) is 2.09. The molecule has 1 aromatic heterocycles. The summed E-state index contributed by atoms with van der Waals surface area (Å²) in [6.07, 6.45) is 0. The van der Waals surface area contributed by atoms with Gasteiger partial charge in [0.05, 0.1) is 0 Å². The molecule has 1 aromatic carbocycles. The van der Waals surface area contributed by atoms with Crippen LogP contribution in [0.3, 0.4) is 0 Å². The van der Waals surface area contributed by atoms with Crippen LogP contribution in [0.4, 0.5) is 0 Å². The lowest BCUT2D eigenvalue weighted by atomic mass is 10.2. The number of pyridine rings is 1. The maximum Gasteiger partial charge on any atom is 0.354 e. The number of hydrogen-bond acceptors (Lipinski definition) is 3. The Morgan fingerprint density at radius 1 is 1.20 bits per heavy atom. The van der Waals surface area contributed by atoms with Gasteiger partial charge in [-0.25, -0.2) is 9.78 Å². The minimum Gasteiger partial charge on any atom is -0.506 e. The van der Waals surface area contributed by atoms with Gasteiger partial charge in [-0.3, -0.25) is 0 Å². The summed E-state index contributed by atoms with van der Waals surface area (Å²) < 4.78 is 0. The second-order valence-corrected chi connectivity index (χ2v) is 2.85. The first kappa shape index (κ1) is 11.5. The van der Waals surface area contributed by atoms with E-state index in [2.05, 4.69) is 4.98 Å². The van der Waals surface area contributed by atoms with E-state index >= 15 is 0 Å². The Balaban J connectivity index is 0.00000112. The molecule has 2 aromatic rings. The number of aromatic hydroxyl groups is 1. The number of carboxylic acid groups (broad SMARTS) is 1. The maximum absolute atomic E-state index is 10.6. The largest absolute Gasteiger partial charge is 0.506 e. The lowest BCUT2D eigenvalue weighted by molar-refractivity contribution is 0.0691. The molecule has 0 fully saturated rings. The number of nitrogens with zero attached hydrogens (tertiary/aromatic N) is 1. The molecule has 2 rings (SSSR count). The van der Waals surface area contributed by atoms with Gasteiger partial charge in [-0.1, -0.05) is 18.2 Å². The average Bonchev–Trinajstić information content (AvgIpc) is 2.18. The summed E-state index contributed by atoms with van der Waals surface area (Å²) in [4.78, 5) is 14.4. The highest BCUT2D eigenvalue weighted by atomic mass is 27.0. The highest BCUT2D eigenvalue weighted by molar-refractivity contribution is 5.91. The number of phenols is 1. The Morgan fingerprint density at radius 2 is 1.93 bits per heavy atom. The molecular weight excluding hydrogens is 209 g/mol. The number of rotatable bonds is 1. The summed E-state index contributed by atoms with van der Waals surface area (Å²) in [7, 11) is 0. The maximum atomic E-state index is 10.6. The normalized spacial score (nSPS) is 9.60. The minimum absolute atomic E-state index is 0. The minimum atomic E-state index is -1.10. The monoisotopic (exact) mass is 216 g/mol. The highest BCUT2D eigenvalue weighted by Crippen LogP contribution is 2.22. The van der Waals surface area contributed by atoms with Gasteiger partial charge in [0.2, 0.25) is 0 Å². The molecule has 0 unspecified atom stereocenters. The molecule has 0 spiro atoms. The lowest BCUT2D eigenvalue weighted by Gasteiger charge is -2.00. The van der Waals surface area contributed by atoms with Crippen molar-refractivity contribution < 1.29 is 15.0 Å². The Morgan fingerprint density at radius 3 is 2.60 bits per heavy atom. The third-order valence-corrected chi connectivity index (χ3v) is 1.92. The topological polar surface area (TPSA) is 70.4 Å². The summed E-state index contributed by atoms with van der Waals surface area (Å²) in [5.41, 5.74) is 0.242. The summed E-state index contributed by atoms with van der Waals surface area (Å²) in [6.45, 7) is 0. The van der Waals surface area contributed by atoms with Gasteiger partial charge in [0.15, 0.2) is 0 Å². The van der Waals surface area contributed by atoms with Crippen LogP contribution in [-0.4, -0.2) is 38.5 Å². The molecule has 5 heteroatoms. The summed E-state index contributed by atoms with van der Waals surface area (Å²) in [5.74, 6) is -1.11. The van der Waals surface area contributed by atoms with E-state index < -0.39 is 5.97 Å². The molecule has 0 aliphatic heterocycles. The number of fused-ring (bicyclic) bond motifs is 1. The molecule has 15 heavy (non-hydrogen) atoms. The smallest absolute Gasteiger partial charge is 0.354 e. The standard InChI is InChI=1S/C10H7NO3.Al/c12-8-3-1-2-6-4-5-7(10(13)14)11-9(6)8;/h1-5,12H,(H,13,14);. The van der Waals surface area contributed by atoms with Gasteiger partial charge < -0.3 is 10.2 Å². The highest BCUT2D eigenvalue weighted by Gasteiger charge is 2.07. The quantitative estimate of drug-likeness (QED) is 0.704. The number of hydrogen-bond donors (Lipinski definition) is 2. The molecule has 0 aliphatic carbocycles. The molecule has 4 nitrogen and oxygen atoms in total. The average molecular weight is 216 g/mol. The summed E-state index contributed by atoms with van der Waals surface area (Å²) in [6, 6.07) is 7.93. The first-order valence-electron chi connectivity index (χ1n) is 4.00. The number of aromatic nitrogens is 1. The number of para-hydroxylation sites is 1. The van der Waals surface area contributed by atoms with Crippen molar-refractivity contribution in [3.8, 4) is 5.75 Å². The van der Waals surface area contributed by atoms with Crippen LogP contribution in [-0.2, 0) is 0 Å². The van der Waals surface area contributed by atoms with Crippen molar-refractivity contribution in [2.75, 3.05) is 0 Å². The van der Waals surface area contributed by atoms with Crippen LogP contribution in [0.1, 0.15) is 10.5 Å². The van der Waals surface area contributed by atoms with Crippen LogP contribution in [0, 0.1) is 0 Å². The molecule has 0 atom stereocenters. The predicted molar refractivity (Wildman–Crippen MR) is 56.1 cm³/mol. The van der Waals surface area contributed by atoms with E-state index in [1.54, 1.807) is 18.2 Å². The Labute approximate surface area is 96.3 Å². The SMILES string of the molecule is O=C(O)c1ccc2cccc(O)c2n1.[Al]. The number of carbonyl (C=O) groups is 1. The zero-order valence-electron chi connectivity index (χ0n) is 7.71. The Bertz CT molecular complexity index is 513. The second-order valence-electron chi connectivity index (χ2n) is 2.85. The van der Waals surface area contributed by atoms with Gasteiger partial charge in [-0.05, 0) is 12.1 Å². The molecular formula is C10H7AlNO3. The molecule has 0 bridgehead atoms. The van der Waals surface area contributed by atoms with Gasteiger partial charge in [0, 0.05) is 22.7 Å². The fourth-order valence-corrected chi connectivity index (χ4v) is 1.25. The van der Waals surface area contributed by atoms with Crippen molar-refractivity contribution in [3.63, 3.8) is 0 Å². The zero-order valence-corrected chi connectivity index (χ0v) is 8.87. The van der Waals surface area contributed by atoms with Gasteiger partial charge in [0.1, 0.15) is 17.0 Å². The number of phenolic OH excluding ortho intramolecular Hbond substituents is 1. The van der Waals surface area contributed by atoms with Gasteiger partial charge >= 0.3 is 5.97 Å². The van der Waals surface area contributed by atoms with Crippen LogP contribution in [0.5, 0.6) is 5.75 Å². The van der Waals surface area contributed by atoms with E-state index in [1.807, 2.05) is 0 Å². The van der Waals surface area contributed by atoms with Crippen molar-refractivity contribution in [1.82, 2.24) is 4.98 Å². The molecule has 2 N–H and O–H groups in total. The molecule has 1 heterocycles. The molecule has 3 radical (unpaired) electrons. The molecule has 0 amide bonds. The van der Waals surface area contributed by atoms with Gasteiger partial charge in [0.25, 0.3) is 0 Å². The summed E-state index contributed by atoms with van der Waals surface area (Å²) >= 11 is 0. The van der Waals surface area contributed by atoms with E-state index in [1.165, 1.54) is 12.1 Å². The predicted octanol–water partition coefficient (Wildman–Crippen LogP) is 1.26. The van der Waals surface area contributed by atoms with Crippen molar-refractivity contribution in [2.24, 2.45) is 0 Å². The number of carboxylic acids is 1. The van der Waals surface area contributed by atoms with E-state index in [9.17, 15) is 9.90 Å². The lowest BCUT2D eigenvalue weighted by Crippen LogP contribution is -1.99. The van der Waals surface area contributed by atoms with Crippen LogP contribution in [0.25, 0.3) is 10.9 Å². The van der Waals surface area contributed by atoms with Crippen molar-refractivity contribution in [1.29, 1.82) is 0 Å². The Kier molecular flexibility index (Phi) is 3.30. The van der Waals surface area contributed by atoms with E-state index in [-0.39, 0.29) is 28.8 Å². The molecule has 0 saturated carbocycles. The van der Waals surface area contributed by atoms with Crippen LogP contribution < -0.4 is 0 Å². The molecule has 0 saturated heterocycles. The van der Waals surface area contributed by atoms with Gasteiger partial charge in [-0.2, -0.15) is 0 Å². The van der Waals surface area contributed by atoms with Crippen LogP contribution >= 0.6 is 0 Å². The van der Waals surface area contributed by atoms with Crippen molar-refractivity contribution in [3.05, 3.63) is 36.0 Å². The fraction of sp³-hybridized carbons (Fsp3) is 0. The second kappa shape index (κ2) is 4.30. The first-order valence-corrected chi connectivity index (χ1v) is 4.00. The first-order chi connectivity index (χ1) is 6.68. The zero-order chi connectivity index (χ0) is 10.1. The Hall–Kier alpha value is -1.57. The van der Waals surface area contributed by atoms with Crippen LogP contribution in [0.15, 0.2) is 30.3 Å². The molecule has 73 valence electrons. The van der Waals surface area contributed by atoms with E-state index in [0.29, 0.717) is 5.52 Å². The fourth-order valence-electron chi connectivity index (χ4n) is 1.25. The van der Waals surface area contributed by atoms with E-state index in [4.69, 9.17) is 5.11 Å².